The van der Waals surface area contributed by atoms with Crippen LogP contribution in [0.4, 0.5) is 10.1 Å². The van der Waals surface area contributed by atoms with Crippen LogP contribution in [0.25, 0.3) is 20.5 Å². The molecule has 0 fully saturated rings. The number of anilines is 1. The number of benzene rings is 4. The van der Waals surface area contributed by atoms with Crippen molar-refractivity contribution in [3.63, 3.8) is 0 Å². The normalized spacial score (nSPS) is 11.8. The predicted molar refractivity (Wildman–Crippen MR) is 141 cm³/mol. The van der Waals surface area contributed by atoms with Crippen LogP contribution in [0.1, 0.15) is 24.0 Å². The number of thiophene rings is 1. The zero-order chi connectivity index (χ0) is 24.2. The maximum absolute atomic E-state index is 13.5. The van der Waals surface area contributed by atoms with Crippen LogP contribution in [-0.2, 0) is 11.4 Å². The van der Waals surface area contributed by atoms with Gasteiger partial charge in [-0.2, -0.15) is 0 Å². The van der Waals surface area contributed by atoms with Crippen LogP contribution < -0.4 is 10.1 Å². The molecular formula is C30H24FNO2S. The van der Waals surface area contributed by atoms with Gasteiger partial charge in [-0.1, -0.05) is 72.8 Å². The first kappa shape index (κ1) is 22.8. The van der Waals surface area contributed by atoms with Gasteiger partial charge in [-0.25, -0.2) is 4.39 Å². The van der Waals surface area contributed by atoms with E-state index in [2.05, 4.69) is 5.32 Å². The minimum atomic E-state index is -0.363. The maximum atomic E-state index is 13.5. The Morgan fingerprint density at radius 2 is 1.57 bits per heavy atom. The van der Waals surface area contributed by atoms with Crippen molar-refractivity contribution in [1.29, 1.82) is 0 Å². The van der Waals surface area contributed by atoms with Crippen molar-refractivity contribution >= 4 is 33.0 Å². The number of nitrogens with one attached hydrogen (secondary N) is 1. The van der Waals surface area contributed by atoms with E-state index in [1.54, 1.807) is 23.5 Å². The van der Waals surface area contributed by atoms with Gasteiger partial charge >= 0.3 is 0 Å². The first-order valence-electron chi connectivity index (χ1n) is 11.4. The highest BCUT2D eigenvalue weighted by molar-refractivity contribution is 7.23. The number of hydrogen-bond acceptors (Lipinski definition) is 3. The standard InChI is InChI=1S/C30H24FNO2S/c1-20(22-13-17-25(18-14-22)34-19-21-7-3-2-4-8-21)30(33)32-28-26-9-5-6-10-27(26)35-29(28)23-11-15-24(31)16-12-23/h2-18,20H,19H2,1H3,(H,32,33). The highest BCUT2D eigenvalue weighted by Crippen LogP contribution is 2.43. The van der Waals surface area contributed by atoms with Crippen LogP contribution in [0.2, 0.25) is 0 Å². The number of amides is 1. The zero-order valence-electron chi connectivity index (χ0n) is 19.2. The van der Waals surface area contributed by atoms with Gasteiger partial charge in [-0.15, -0.1) is 11.3 Å². The zero-order valence-corrected chi connectivity index (χ0v) is 20.0. The molecule has 0 saturated carbocycles. The van der Waals surface area contributed by atoms with Gasteiger partial charge in [0.15, 0.2) is 0 Å². The Kier molecular flexibility index (Phi) is 6.59. The molecule has 0 aliphatic rings. The van der Waals surface area contributed by atoms with Gasteiger partial charge in [0.1, 0.15) is 18.2 Å². The smallest absolute Gasteiger partial charge is 0.231 e. The van der Waals surface area contributed by atoms with Crippen molar-refractivity contribution < 1.29 is 13.9 Å². The number of halogens is 1. The molecule has 5 rings (SSSR count). The highest BCUT2D eigenvalue weighted by Gasteiger charge is 2.20. The van der Waals surface area contributed by atoms with E-state index >= 15 is 0 Å². The monoisotopic (exact) mass is 481 g/mol. The van der Waals surface area contributed by atoms with Crippen LogP contribution in [0.5, 0.6) is 5.75 Å². The van der Waals surface area contributed by atoms with E-state index in [0.717, 1.165) is 43.1 Å². The summed E-state index contributed by atoms with van der Waals surface area (Å²) in [5, 5.41) is 4.13. The maximum Gasteiger partial charge on any atom is 0.231 e. The van der Waals surface area contributed by atoms with Crippen molar-refractivity contribution in [2.24, 2.45) is 0 Å². The van der Waals surface area contributed by atoms with Gasteiger partial charge in [0.25, 0.3) is 0 Å². The van der Waals surface area contributed by atoms with Gasteiger partial charge in [0.05, 0.1) is 16.5 Å². The molecule has 174 valence electrons. The van der Waals surface area contributed by atoms with Crippen LogP contribution in [0.3, 0.4) is 0 Å². The fraction of sp³-hybridized carbons (Fsp3) is 0.100. The molecule has 0 bridgehead atoms. The summed E-state index contributed by atoms with van der Waals surface area (Å²) in [4.78, 5) is 14.2. The molecule has 5 heteroatoms. The first-order valence-corrected chi connectivity index (χ1v) is 12.2. The fourth-order valence-electron chi connectivity index (χ4n) is 3.95. The lowest BCUT2D eigenvalue weighted by atomic mass is 10.00. The fourth-order valence-corrected chi connectivity index (χ4v) is 5.11. The number of ether oxygens (including phenoxy) is 1. The summed E-state index contributed by atoms with van der Waals surface area (Å²) < 4.78 is 20.4. The SMILES string of the molecule is CC(C(=O)Nc1c(-c2ccc(F)cc2)sc2ccccc12)c1ccc(OCc2ccccc2)cc1. The average molecular weight is 482 g/mol. The summed E-state index contributed by atoms with van der Waals surface area (Å²) in [7, 11) is 0. The lowest BCUT2D eigenvalue weighted by Crippen LogP contribution is -2.19. The van der Waals surface area contributed by atoms with Gasteiger partial charge in [-0.3, -0.25) is 4.79 Å². The second-order valence-electron chi connectivity index (χ2n) is 8.36. The topological polar surface area (TPSA) is 38.3 Å². The quantitative estimate of drug-likeness (QED) is 0.255. The highest BCUT2D eigenvalue weighted by atomic mass is 32.1. The minimum absolute atomic E-state index is 0.102. The van der Waals surface area contributed by atoms with Crippen molar-refractivity contribution in [1.82, 2.24) is 0 Å². The second-order valence-corrected chi connectivity index (χ2v) is 9.42. The number of carbonyl (C=O) groups is 1. The Labute approximate surface area is 207 Å². The molecule has 35 heavy (non-hydrogen) atoms. The molecule has 4 aromatic carbocycles. The Bertz CT molecular complexity index is 1440. The molecular weight excluding hydrogens is 457 g/mol. The minimum Gasteiger partial charge on any atom is -0.489 e. The van der Waals surface area contributed by atoms with E-state index in [-0.39, 0.29) is 17.6 Å². The molecule has 3 nitrogen and oxygen atoms in total. The van der Waals surface area contributed by atoms with E-state index in [0.29, 0.717) is 6.61 Å². The second kappa shape index (κ2) is 10.1. The number of carbonyl (C=O) groups excluding carboxylic acids is 1. The van der Waals surface area contributed by atoms with Gasteiger partial charge < -0.3 is 10.1 Å². The molecule has 0 saturated heterocycles. The van der Waals surface area contributed by atoms with Crippen molar-refractivity contribution in [2.75, 3.05) is 5.32 Å². The van der Waals surface area contributed by atoms with E-state index in [4.69, 9.17) is 4.74 Å². The summed E-state index contributed by atoms with van der Waals surface area (Å²) in [6.45, 7) is 2.38. The van der Waals surface area contributed by atoms with E-state index in [1.165, 1.54) is 12.1 Å². The summed E-state index contributed by atoms with van der Waals surface area (Å²) in [6.07, 6.45) is 0. The largest absolute Gasteiger partial charge is 0.489 e. The van der Waals surface area contributed by atoms with Crippen LogP contribution in [-0.4, -0.2) is 5.91 Å². The number of hydrogen-bond donors (Lipinski definition) is 1. The summed E-state index contributed by atoms with van der Waals surface area (Å²) in [5.74, 6) is 0.00525. The molecule has 1 unspecified atom stereocenters. The van der Waals surface area contributed by atoms with Gasteiger partial charge in [0.2, 0.25) is 5.91 Å². The number of rotatable bonds is 7. The Hall–Kier alpha value is -3.96. The summed E-state index contributed by atoms with van der Waals surface area (Å²) in [5.41, 5.74) is 3.63. The lowest BCUT2D eigenvalue weighted by Gasteiger charge is -2.15. The van der Waals surface area contributed by atoms with Crippen LogP contribution in [0.15, 0.2) is 103 Å². The Morgan fingerprint density at radius 3 is 2.31 bits per heavy atom. The molecule has 1 heterocycles. The van der Waals surface area contributed by atoms with Crippen LogP contribution in [0, 0.1) is 5.82 Å². The first-order chi connectivity index (χ1) is 17.1. The third-order valence-corrected chi connectivity index (χ3v) is 7.19. The predicted octanol–water partition coefficient (Wildman–Crippen LogP) is 8.03. The number of fused-ring (bicyclic) bond motifs is 1. The van der Waals surface area contributed by atoms with Crippen molar-refractivity contribution in [2.45, 2.75) is 19.4 Å². The Balaban J connectivity index is 1.34. The molecule has 1 amide bonds. The van der Waals surface area contributed by atoms with Crippen LogP contribution >= 0.6 is 11.3 Å². The molecule has 1 N–H and O–H groups in total. The van der Waals surface area contributed by atoms with Crippen molar-refractivity contribution in [3.8, 4) is 16.2 Å². The Morgan fingerprint density at radius 1 is 0.886 bits per heavy atom. The molecule has 0 spiro atoms. The summed E-state index contributed by atoms with van der Waals surface area (Å²) >= 11 is 1.58. The third kappa shape index (κ3) is 5.10. The third-order valence-electron chi connectivity index (χ3n) is 5.97. The van der Waals surface area contributed by atoms with E-state index in [1.807, 2.05) is 85.8 Å². The summed E-state index contributed by atoms with van der Waals surface area (Å²) in [6, 6.07) is 32.0. The van der Waals surface area contributed by atoms with Crippen molar-refractivity contribution in [3.05, 3.63) is 120 Å². The van der Waals surface area contributed by atoms with Gasteiger partial charge in [0, 0.05) is 10.1 Å². The molecule has 1 aromatic heterocycles. The molecule has 0 aliphatic heterocycles. The molecule has 5 aromatic rings. The molecule has 0 radical (unpaired) electrons. The van der Waals surface area contributed by atoms with E-state index in [9.17, 15) is 9.18 Å². The molecule has 0 aliphatic carbocycles. The average Bonchev–Trinajstić information content (AvgIpc) is 3.26. The lowest BCUT2D eigenvalue weighted by molar-refractivity contribution is -0.117. The van der Waals surface area contributed by atoms with Gasteiger partial charge in [-0.05, 0) is 53.9 Å². The van der Waals surface area contributed by atoms with E-state index < -0.39 is 0 Å². The molecule has 1 atom stereocenters.